The zero-order valence-corrected chi connectivity index (χ0v) is 15.3. The molecule has 0 spiro atoms. The largest absolute Gasteiger partial charge is 0.381 e. The highest BCUT2D eigenvalue weighted by molar-refractivity contribution is 7.08. The number of ether oxygens (including phenoxy) is 1. The maximum Gasteiger partial charge on any atom is 0.319 e. The number of halogens is 2. The number of hydrogen-bond donors (Lipinski definition) is 2. The Labute approximate surface area is 155 Å². The lowest BCUT2D eigenvalue weighted by molar-refractivity contribution is 0.0510. The first-order valence-corrected chi connectivity index (χ1v) is 9.39. The minimum atomic E-state index is -0.255. The van der Waals surface area contributed by atoms with E-state index in [0.29, 0.717) is 35.5 Å². The van der Waals surface area contributed by atoms with E-state index in [1.807, 2.05) is 0 Å². The van der Waals surface area contributed by atoms with Crippen LogP contribution in [0.4, 0.5) is 10.5 Å². The van der Waals surface area contributed by atoms with Crippen LogP contribution in [0, 0.1) is 0 Å². The van der Waals surface area contributed by atoms with Crippen LogP contribution in [0.3, 0.4) is 0 Å². The first-order chi connectivity index (χ1) is 11.6. The molecule has 1 saturated heterocycles. The van der Waals surface area contributed by atoms with Crippen molar-refractivity contribution < 1.29 is 9.53 Å². The van der Waals surface area contributed by atoms with E-state index in [-0.39, 0.29) is 11.4 Å². The fourth-order valence-electron chi connectivity index (χ4n) is 2.89. The average Bonchev–Trinajstić information content (AvgIpc) is 3.13. The lowest BCUT2D eigenvalue weighted by atomic mass is 9.75. The molecule has 2 amide bonds. The van der Waals surface area contributed by atoms with Crippen LogP contribution in [0.5, 0.6) is 0 Å². The van der Waals surface area contributed by atoms with Gasteiger partial charge in [-0.15, -0.1) is 0 Å². The van der Waals surface area contributed by atoms with Crippen LogP contribution >= 0.6 is 34.5 Å². The number of carbonyl (C=O) groups is 1. The second-order valence-electron chi connectivity index (χ2n) is 5.84. The molecule has 24 heavy (non-hydrogen) atoms. The number of hydrogen-bond acceptors (Lipinski definition) is 3. The summed E-state index contributed by atoms with van der Waals surface area (Å²) in [6, 6.07) is 6.89. The molecule has 2 heterocycles. The highest BCUT2D eigenvalue weighted by atomic mass is 35.5. The number of benzene rings is 1. The maximum absolute atomic E-state index is 12.2. The van der Waals surface area contributed by atoms with E-state index in [9.17, 15) is 4.79 Å². The van der Waals surface area contributed by atoms with Gasteiger partial charge in [0.05, 0.1) is 10.0 Å². The van der Waals surface area contributed by atoms with Gasteiger partial charge in [0.2, 0.25) is 0 Å². The smallest absolute Gasteiger partial charge is 0.319 e. The number of rotatable bonds is 4. The summed E-state index contributed by atoms with van der Waals surface area (Å²) in [4.78, 5) is 12.2. The molecule has 1 aliphatic rings. The zero-order chi connectivity index (χ0) is 17.0. The Balaban J connectivity index is 1.64. The van der Waals surface area contributed by atoms with E-state index < -0.39 is 0 Å². The SMILES string of the molecule is O=C(NCC1(c2ccsc2)CCOCC1)Nc1ccc(Cl)c(Cl)c1. The number of thiophene rings is 1. The zero-order valence-electron chi connectivity index (χ0n) is 13.0. The van der Waals surface area contributed by atoms with E-state index in [4.69, 9.17) is 27.9 Å². The molecular formula is C17H18Cl2N2O2S. The molecule has 4 nitrogen and oxygen atoms in total. The average molecular weight is 385 g/mol. The van der Waals surface area contributed by atoms with Gasteiger partial charge in [0.25, 0.3) is 0 Å². The van der Waals surface area contributed by atoms with Gasteiger partial charge in [0, 0.05) is 30.9 Å². The fourth-order valence-corrected chi connectivity index (χ4v) is 3.97. The van der Waals surface area contributed by atoms with Gasteiger partial charge < -0.3 is 15.4 Å². The van der Waals surface area contributed by atoms with Crippen molar-refractivity contribution >= 4 is 46.3 Å². The molecule has 1 fully saturated rings. The molecule has 1 aliphatic heterocycles. The summed E-state index contributed by atoms with van der Waals surface area (Å²) >= 11 is 13.5. The molecule has 2 N–H and O–H groups in total. The van der Waals surface area contributed by atoms with Crippen molar-refractivity contribution in [3.05, 3.63) is 50.6 Å². The predicted octanol–water partition coefficient (Wildman–Crippen LogP) is 4.92. The van der Waals surface area contributed by atoms with E-state index in [1.165, 1.54) is 5.56 Å². The lowest BCUT2D eigenvalue weighted by Gasteiger charge is -2.37. The number of nitrogens with one attached hydrogen (secondary N) is 2. The molecule has 3 rings (SSSR count). The monoisotopic (exact) mass is 384 g/mol. The third-order valence-electron chi connectivity index (χ3n) is 4.35. The number of urea groups is 1. The van der Waals surface area contributed by atoms with Crippen molar-refractivity contribution in [1.29, 1.82) is 0 Å². The number of anilines is 1. The van der Waals surface area contributed by atoms with E-state index in [1.54, 1.807) is 29.5 Å². The van der Waals surface area contributed by atoms with Crippen molar-refractivity contribution in [2.24, 2.45) is 0 Å². The minimum Gasteiger partial charge on any atom is -0.381 e. The van der Waals surface area contributed by atoms with Crippen LogP contribution in [-0.2, 0) is 10.2 Å². The van der Waals surface area contributed by atoms with Crippen molar-refractivity contribution in [3.63, 3.8) is 0 Å². The second kappa shape index (κ2) is 7.74. The number of amides is 2. The van der Waals surface area contributed by atoms with Gasteiger partial charge in [0.15, 0.2) is 0 Å². The lowest BCUT2D eigenvalue weighted by Crippen LogP contribution is -2.45. The summed E-state index contributed by atoms with van der Waals surface area (Å²) in [5.74, 6) is 0. The van der Waals surface area contributed by atoms with E-state index in [2.05, 4.69) is 27.5 Å². The highest BCUT2D eigenvalue weighted by Gasteiger charge is 2.35. The Bertz CT molecular complexity index is 701. The summed E-state index contributed by atoms with van der Waals surface area (Å²) < 4.78 is 5.50. The van der Waals surface area contributed by atoms with Crippen LogP contribution in [0.2, 0.25) is 10.0 Å². The normalized spacial score (nSPS) is 16.6. The van der Waals surface area contributed by atoms with Gasteiger partial charge in [0.1, 0.15) is 0 Å². The molecule has 7 heteroatoms. The molecule has 1 aromatic heterocycles. The van der Waals surface area contributed by atoms with Crippen molar-refractivity contribution in [2.75, 3.05) is 25.1 Å². The predicted molar refractivity (Wildman–Crippen MR) is 99.5 cm³/mol. The van der Waals surface area contributed by atoms with Crippen LogP contribution in [0.15, 0.2) is 35.0 Å². The van der Waals surface area contributed by atoms with Crippen LogP contribution in [0.25, 0.3) is 0 Å². The van der Waals surface area contributed by atoms with Gasteiger partial charge >= 0.3 is 6.03 Å². The maximum atomic E-state index is 12.2. The molecular weight excluding hydrogens is 367 g/mol. The summed E-state index contributed by atoms with van der Waals surface area (Å²) in [6.45, 7) is 2.00. The van der Waals surface area contributed by atoms with Crippen LogP contribution in [-0.4, -0.2) is 25.8 Å². The molecule has 0 saturated carbocycles. The summed E-state index contributed by atoms with van der Waals surface area (Å²) in [6.07, 6.45) is 1.80. The third kappa shape index (κ3) is 4.03. The Morgan fingerprint density at radius 1 is 1.21 bits per heavy atom. The summed E-state index contributed by atoms with van der Waals surface area (Å²) in [7, 11) is 0. The van der Waals surface area contributed by atoms with Crippen molar-refractivity contribution in [3.8, 4) is 0 Å². The standard InChI is InChI=1S/C17H18Cl2N2O2S/c18-14-2-1-13(9-15(14)19)21-16(22)20-11-17(4-6-23-7-5-17)12-3-8-24-10-12/h1-3,8-10H,4-7,11H2,(H2,20,21,22). The molecule has 2 aromatic rings. The number of carbonyl (C=O) groups excluding carboxylic acids is 1. The summed E-state index contributed by atoms with van der Waals surface area (Å²) in [5, 5.41) is 10.9. The Hall–Kier alpha value is -1.27. The van der Waals surface area contributed by atoms with Gasteiger partial charge in [-0.05, 0) is 53.4 Å². The molecule has 128 valence electrons. The molecule has 0 bridgehead atoms. The Kier molecular flexibility index (Phi) is 5.66. The highest BCUT2D eigenvalue weighted by Crippen LogP contribution is 2.35. The minimum absolute atomic E-state index is 0.0623. The molecule has 0 unspecified atom stereocenters. The third-order valence-corrected chi connectivity index (χ3v) is 5.77. The first kappa shape index (κ1) is 17.5. The quantitative estimate of drug-likeness (QED) is 0.785. The van der Waals surface area contributed by atoms with Gasteiger partial charge in [-0.3, -0.25) is 0 Å². The van der Waals surface area contributed by atoms with Crippen LogP contribution in [0.1, 0.15) is 18.4 Å². The topological polar surface area (TPSA) is 50.4 Å². The van der Waals surface area contributed by atoms with Gasteiger partial charge in [-0.2, -0.15) is 11.3 Å². The molecule has 0 radical (unpaired) electrons. The molecule has 1 aromatic carbocycles. The summed E-state index contributed by atoms with van der Waals surface area (Å²) in [5.41, 5.74) is 1.82. The Morgan fingerprint density at radius 2 is 2.00 bits per heavy atom. The molecule has 0 atom stereocenters. The molecule has 0 aliphatic carbocycles. The van der Waals surface area contributed by atoms with Gasteiger partial charge in [-0.25, -0.2) is 4.79 Å². The van der Waals surface area contributed by atoms with Crippen molar-refractivity contribution in [2.45, 2.75) is 18.3 Å². The van der Waals surface area contributed by atoms with E-state index >= 15 is 0 Å². The van der Waals surface area contributed by atoms with Crippen molar-refractivity contribution in [1.82, 2.24) is 5.32 Å². The van der Waals surface area contributed by atoms with Crippen LogP contribution < -0.4 is 10.6 Å². The second-order valence-corrected chi connectivity index (χ2v) is 7.44. The van der Waals surface area contributed by atoms with Gasteiger partial charge in [-0.1, -0.05) is 23.2 Å². The fraction of sp³-hybridized carbons (Fsp3) is 0.353. The first-order valence-electron chi connectivity index (χ1n) is 7.69. The van der Waals surface area contributed by atoms with E-state index in [0.717, 1.165) is 12.8 Å². The Morgan fingerprint density at radius 3 is 2.67 bits per heavy atom.